The summed E-state index contributed by atoms with van der Waals surface area (Å²) in [6.07, 6.45) is 0.864. The largest absolute Gasteiger partial charge is 0.338 e. The molecule has 0 aromatic heterocycles. The van der Waals surface area contributed by atoms with Crippen LogP contribution in [0, 0.1) is 5.41 Å². The fourth-order valence-electron chi connectivity index (χ4n) is 2.78. The van der Waals surface area contributed by atoms with Crippen LogP contribution >= 0.6 is 0 Å². The molecule has 0 aliphatic carbocycles. The summed E-state index contributed by atoms with van der Waals surface area (Å²) in [4.78, 5) is 14.6. The van der Waals surface area contributed by atoms with E-state index in [1.807, 2.05) is 13.8 Å². The van der Waals surface area contributed by atoms with Crippen molar-refractivity contribution in [3.8, 4) is 0 Å². The van der Waals surface area contributed by atoms with Gasteiger partial charge in [-0.2, -0.15) is 4.31 Å². The van der Waals surface area contributed by atoms with Crippen molar-refractivity contribution in [1.82, 2.24) is 9.21 Å². The molecule has 1 aliphatic rings. The highest BCUT2D eigenvalue weighted by atomic mass is 32.2. The van der Waals surface area contributed by atoms with Crippen molar-refractivity contribution in [1.29, 1.82) is 0 Å². The normalized spacial score (nSPS) is 21.7. The van der Waals surface area contributed by atoms with Crippen LogP contribution in [0.4, 0.5) is 0 Å². The first-order valence-electron chi connectivity index (χ1n) is 8.18. The Kier molecular flexibility index (Phi) is 5.37. The molecule has 0 saturated carbocycles. The topological polar surface area (TPSA) is 83.7 Å². The van der Waals surface area contributed by atoms with Crippen LogP contribution in [0.5, 0.6) is 0 Å². The van der Waals surface area contributed by atoms with Gasteiger partial charge in [0.15, 0.2) is 0 Å². The first kappa shape index (κ1) is 18.9. The Labute approximate surface area is 144 Å². The van der Waals surface area contributed by atoms with Gasteiger partial charge < -0.3 is 10.6 Å². The third-order valence-electron chi connectivity index (χ3n) is 4.82. The average Bonchev–Trinajstić information content (AvgIpc) is 2.96. The lowest BCUT2D eigenvalue weighted by atomic mass is 9.90. The molecule has 1 amide bonds. The van der Waals surface area contributed by atoms with E-state index in [0.717, 1.165) is 6.42 Å². The molecule has 1 unspecified atom stereocenters. The number of nitrogens with two attached hydrogens (primary N) is 1. The number of likely N-dealkylation sites (tertiary alicyclic amines) is 1. The van der Waals surface area contributed by atoms with Gasteiger partial charge in [-0.25, -0.2) is 8.42 Å². The first-order chi connectivity index (χ1) is 11.1. The van der Waals surface area contributed by atoms with E-state index in [0.29, 0.717) is 25.2 Å². The maximum absolute atomic E-state index is 12.7. The summed E-state index contributed by atoms with van der Waals surface area (Å²) in [6.45, 7) is 7.47. The summed E-state index contributed by atoms with van der Waals surface area (Å²) in [5.74, 6) is -0.142. The number of hydrogen-bond donors (Lipinski definition) is 1. The lowest BCUT2D eigenvalue weighted by Crippen LogP contribution is -2.35. The van der Waals surface area contributed by atoms with Crippen LogP contribution in [0.25, 0.3) is 0 Å². The summed E-state index contributed by atoms with van der Waals surface area (Å²) in [5, 5.41) is 0. The molecule has 24 heavy (non-hydrogen) atoms. The van der Waals surface area contributed by atoms with Crippen LogP contribution in [0.3, 0.4) is 0 Å². The molecule has 2 rings (SSSR count). The van der Waals surface area contributed by atoms with Crippen molar-refractivity contribution in [3.63, 3.8) is 0 Å². The van der Waals surface area contributed by atoms with E-state index in [-0.39, 0.29) is 22.3 Å². The molecule has 1 aromatic rings. The van der Waals surface area contributed by atoms with E-state index in [9.17, 15) is 13.2 Å². The van der Waals surface area contributed by atoms with E-state index in [1.54, 1.807) is 24.1 Å². The lowest BCUT2D eigenvalue weighted by molar-refractivity contribution is 0.0776. The Balaban J connectivity index is 2.27. The molecule has 1 aromatic carbocycles. The van der Waals surface area contributed by atoms with Gasteiger partial charge in [-0.1, -0.05) is 13.0 Å². The maximum atomic E-state index is 12.7. The molecule has 134 valence electrons. The molecule has 7 heteroatoms. The number of carbonyl (C=O) groups excluding carboxylic acids is 1. The molecular formula is C17H27N3O3S. The van der Waals surface area contributed by atoms with Gasteiger partial charge in [-0.3, -0.25) is 4.79 Å². The number of amides is 1. The van der Waals surface area contributed by atoms with Gasteiger partial charge in [0.25, 0.3) is 5.91 Å². The number of nitrogens with zero attached hydrogens (tertiary/aromatic N) is 2. The number of rotatable bonds is 5. The lowest BCUT2D eigenvalue weighted by Gasteiger charge is -2.23. The molecule has 0 radical (unpaired) electrons. The number of hydrogen-bond acceptors (Lipinski definition) is 4. The first-order valence-corrected chi connectivity index (χ1v) is 9.62. The summed E-state index contributed by atoms with van der Waals surface area (Å²) in [6, 6.07) is 6.12. The van der Waals surface area contributed by atoms with Crippen molar-refractivity contribution in [2.75, 3.05) is 26.7 Å². The van der Waals surface area contributed by atoms with E-state index >= 15 is 0 Å². The second kappa shape index (κ2) is 6.82. The average molecular weight is 353 g/mol. The fraction of sp³-hybridized carbons (Fsp3) is 0.588. The van der Waals surface area contributed by atoms with Crippen molar-refractivity contribution < 1.29 is 13.2 Å². The van der Waals surface area contributed by atoms with Crippen LogP contribution in [0.1, 0.15) is 37.6 Å². The van der Waals surface area contributed by atoms with Crippen LogP contribution in [-0.2, 0) is 10.0 Å². The van der Waals surface area contributed by atoms with Crippen molar-refractivity contribution in [2.45, 2.75) is 38.1 Å². The van der Waals surface area contributed by atoms with Gasteiger partial charge in [-0.15, -0.1) is 0 Å². The predicted molar refractivity (Wildman–Crippen MR) is 94.2 cm³/mol. The second-order valence-electron chi connectivity index (χ2n) is 7.13. The summed E-state index contributed by atoms with van der Waals surface area (Å²) in [7, 11) is -2.06. The third-order valence-corrected chi connectivity index (χ3v) is 6.85. The highest BCUT2D eigenvalue weighted by Gasteiger charge is 2.35. The van der Waals surface area contributed by atoms with Crippen LogP contribution < -0.4 is 5.73 Å². The van der Waals surface area contributed by atoms with E-state index in [4.69, 9.17) is 5.73 Å². The number of carbonyl (C=O) groups is 1. The zero-order chi connectivity index (χ0) is 18.1. The summed E-state index contributed by atoms with van der Waals surface area (Å²) in [5.41, 5.74) is 6.13. The monoisotopic (exact) mass is 353 g/mol. The molecule has 0 spiro atoms. The number of sulfonamides is 1. The van der Waals surface area contributed by atoms with Gasteiger partial charge in [0.2, 0.25) is 10.0 Å². The molecule has 6 nitrogen and oxygen atoms in total. The van der Waals surface area contributed by atoms with Crippen molar-refractivity contribution in [3.05, 3.63) is 29.8 Å². The Morgan fingerprint density at radius 1 is 1.42 bits per heavy atom. The van der Waals surface area contributed by atoms with Crippen LogP contribution in [0.2, 0.25) is 0 Å². The minimum absolute atomic E-state index is 0.0583. The number of benzene rings is 1. The van der Waals surface area contributed by atoms with Gasteiger partial charge in [0.1, 0.15) is 0 Å². The van der Waals surface area contributed by atoms with Gasteiger partial charge in [0.05, 0.1) is 4.90 Å². The SMILES string of the molecule is CC(C)N(C)S(=O)(=O)c1cccc(C(=O)N2CCC(C)(CN)C2)c1. The molecule has 2 N–H and O–H groups in total. The van der Waals surface area contributed by atoms with E-state index < -0.39 is 10.0 Å². The highest BCUT2D eigenvalue weighted by molar-refractivity contribution is 7.89. The maximum Gasteiger partial charge on any atom is 0.253 e. The van der Waals surface area contributed by atoms with E-state index in [1.165, 1.54) is 16.4 Å². The Morgan fingerprint density at radius 2 is 2.08 bits per heavy atom. The standard InChI is InChI=1S/C17H27N3O3S/c1-13(2)19(4)24(22,23)15-7-5-6-14(10-15)16(21)20-9-8-17(3,11-18)12-20/h5-7,10,13H,8-9,11-12,18H2,1-4H3. The smallest absolute Gasteiger partial charge is 0.253 e. The Hall–Kier alpha value is -1.44. The quantitative estimate of drug-likeness (QED) is 0.870. The van der Waals surface area contributed by atoms with Crippen molar-refractivity contribution >= 4 is 15.9 Å². The highest BCUT2D eigenvalue weighted by Crippen LogP contribution is 2.30. The zero-order valence-electron chi connectivity index (χ0n) is 14.8. The molecule has 1 atom stereocenters. The molecule has 1 fully saturated rings. The Bertz CT molecular complexity index is 718. The van der Waals surface area contributed by atoms with E-state index in [2.05, 4.69) is 6.92 Å². The second-order valence-corrected chi connectivity index (χ2v) is 9.13. The van der Waals surface area contributed by atoms with Gasteiger partial charge >= 0.3 is 0 Å². The molecular weight excluding hydrogens is 326 g/mol. The predicted octanol–water partition coefficient (Wildman–Crippen LogP) is 1.53. The molecule has 1 heterocycles. The third kappa shape index (κ3) is 3.63. The molecule has 0 bridgehead atoms. The fourth-order valence-corrected chi connectivity index (χ4v) is 4.19. The van der Waals surface area contributed by atoms with Gasteiger partial charge in [-0.05, 0) is 50.4 Å². The molecule has 1 aliphatic heterocycles. The van der Waals surface area contributed by atoms with Crippen LogP contribution in [-0.4, -0.2) is 56.3 Å². The zero-order valence-corrected chi connectivity index (χ0v) is 15.6. The van der Waals surface area contributed by atoms with Gasteiger partial charge in [0, 0.05) is 31.7 Å². The van der Waals surface area contributed by atoms with Crippen LogP contribution in [0.15, 0.2) is 29.2 Å². The molecule has 1 saturated heterocycles. The van der Waals surface area contributed by atoms with Crippen molar-refractivity contribution in [2.24, 2.45) is 11.1 Å². The minimum Gasteiger partial charge on any atom is -0.338 e. The Morgan fingerprint density at radius 3 is 2.62 bits per heavy atom. The summed E-state index contributed by atoms with van der Waals surface area (Å²) < 4.78 is 26.5. The summed E-state index contributed by atoms with van der Waals surface area (Å²) >= 11 is 0. The minimum atomic E-state index is -3.60.